The molecule has 75 heavy (non-hydrogen) atoms. The Kier molecular flexibility index (Phi) is 21.5. The SMILES string of the molecule is C=C[C@H](NC)C(=O)N[C@H](C(=O)N1CCC[C@H]1CN(C(=O)CCCCCCCCC(=O)N(C[C@@H]1CCCN1C(=O)[C@@H](NC(=O)[C@H](C)NC)C(C)(C)C)[C@@H]1CCCc2ccccc21)C1CCCc2ccccc21)C(C)(C)C. The zero-order valence-corrected chi connectivity index (χ0v) is 47.3. The topological polar surface area (TPSA) is 163 Å². The number of nitrogens with one attached hydrogen (secondary N) is 4. The average Bonchev–Trinajstić information content (AvgIpc) is 4.07. The van der Waals surface area contributed by atoms with Gasteiger partial charge in [0.15, 0.2) is 0 Å². The number of carbonyl (C=O) groups excluding carboxylic acids is 6. The third kappa shape index (κ3) is 15.3. The Labute approximate surface area is 450 Å². The van der Waals surface area contributed by atoms with Crippen LogP contribution in [0.1, 0.15) is 186 Å². The molecule has 6 rings (SSSR count). The minimum atomic E-state index is -0.741. The first-order valence-corrected chi connectivity index (χ1v) is 28.7. The maximum atomic E-state index is 14.6. The Bertz CT molecular complexity index is 2270. The molecule has 8 atom stereocenters. The van der Waals surface area contributed by atoms with Crippen LogP contribution in [-0.4, -0.2) is 132 Å². The lowest BCUT2D eigenvalue weighted by atomic mass is 9.85. The molecule has 2 saturated heterocycles. The lowest BCUT2D eigenvalue weighted by molar-refractivity contribution is -0.143. The highest BCUT2D eigenvalue weighted by Crippen LogP contribution is 2.39. The number of fused-ring (bicyclic) bond motifs is 2. The van der Waals surface area contributed by atoms with Crippen molar-refractivity contribution in [2.45, 2.75) is 212 Å². The molecule has 2 fully saturated rings. The van der Waals surface area contributed by atoms with Gasteiger partial charge in [0.05, 0.1) is 18.1 Å². The average molecular weight is 1040 g/mol. The van der Waals surface area contributed by atoms with Gasteiger partial charge in [-0.25, -0.2) is 0 Å². The number of unbranched alkanes of at least 4 members (excludes halogenated alkanes) is 5. The summed E-state index contributed by atoms with van der Waals surface area (Å²) in [6, 6.07) is 14.1. The Morgan fingerprint density at radius 1 is 0.600 bits per heavy atom. The van der Waals surface area contributed by atoms with E-state index in [1.54, 1.807) is 21.0 Å². The number of hydrogen-bond donors (Lipinski definition) is 4. The Hall–Kier alpha value is -5.08. The first kappa shape index (κ1) is 59.2. The number of rotatable bonds is 24. The molecule has 0 bridgehead atoms. The fourth-order valence-corrected chi connectivity index (χ4v) is 12.2. The van der Waals surface area contributed by atoms with Gasteiger partial charge in [-0.2, -0.15) is 0 Å². The normalized spacial score (nSPS) is 21.2. The summed E-state index contributed by atoms with van der Waals surface area (Å²) in [5.74, 6) is -0.438. The summed E-state index contributed by atoms with van der Waals surface area (Å²) >= 11 is 0. The number of carbonyl (C=O) groups is 6. The van der Waals surface area contributed by atoms with Crippen molar-refractivity contribution in [2.24, 2.45) is 10.8 Å². The van der Waals surface area contributed by atoms with Gasteiger partial charge in [-0.3, -0.25) is 28.8 Å². The van der Waals surface area contributed by atoms with Crippen LogP contribution >= 0.6 is 0 Å². The van der Waals surface area contributed by atoms with E-state index in [4.69, 9.17) is 0 Å². The van der Waals surface area contributed by atoms with Gasteiger partial charge in [-0.1, -0.05) is 122 Å². The van der Waals surface area contributed by atoms with Gasteiger partial charge in [0, 0.05) is 51.1 Å². The maximum Gasteiger partial charge on any atom is 0.246 e. The molecule has 0 aromatic heterocycles. The molecule has 0 saturated carbocycles. The monoisotopic (exact) mass is 1030 g/mol. The van der Waals surface area contributed by atoms with Gasteiger partial charge in [-0.15, -0.1) is 6.58 Å². The van der Waals surface area contributed by atoms with Crippen LogP contribution in [0.25, 0.3) is 0 Å². The van der Waals surface area contributed by atoms with Crippen LogP contribution in [0.2, 0.25) is 0 Å². The third-order valence-corrected chi connectivity index (χ3v) is 16.7. The Balaban J connectivity index is 1.06. The van der Waals surface area contributed by atoms with E-state index in [1.807, 2.05) is 51.3 Å². The predicted octanol–water partition coefficient (Wildman–Crippen LogP) is 8.35. The summed E-state index contributed by atoms with van der Waals surface area (Å²) in [7, 11) is 3.43. The van der Waals surface area contributed by atoms with Crippen molar-refractivity contribution in [3.05, 3.63) is 83.4 Å². The number of benzene rings is 2. The van der Waals surface area contributed by atoms with E-state index >= 15 is 0 Å². The molecule has 4 aliphatic rings. The molecule has 1 unspecified atom stereocenters. The van der Waals surface area contributed by atoms with Gasteiger partial charge in [0.2, 0.25) is 35.4 Å². The lowest BCUT2D eigenvalue weighted by Crippen LogP contribution is -2.59. The van der Waals surface area contributed by atoms with Gasteiger partial charge in [0.25, 0.3) is 0 Å². The Morgan fingerprint density at radius 3 is 1.41 bits per heavy atom. The molecule has 2 heterocycles. The maximum absolute atomic E-state index is 14.6. The highest BCUT2D eigenvalue weighted by Gasteiger charge is 2.44. The van der Waals surface area contributed by atoms with Crippen LogP contribution in [0, 0.1) is 10.8 Å². The Morgan fingerprint density at radius 2 is 1.01 bits per heavy atom. The van der Waals surface area contributed by atoms with Crippen molar-refractivity contribution in [3.63, 3.8) is 0 Å². The van der Waals surface area contributed by atoms with E-state index in [1.165, 1.54) is 28.3 Å². The molecule has 2 aliphatic carbocycles. The summed E-state index contributed by atoms with van der Waals surface area (Å²) in [5, 5.41) is 12.0. The van der Waals surface area contributed by atoms with E-state index in [2.05, 4.69) is 86.2 Å². The van der Waals surface area contributed by atoms with E-state index in [9.17, 15) is 28.8 Å². The molecule has 0 spiro atoms. The van der Waals surface area contributed by atoms with Gasteiger partial charge >= 0.3 is 0 Å². The van der Waals surface area contributed by atoms with Crippen LogP contribution in [0.15, 0.2) is 61.2 Å². The van der Waals surface area contributed by atoms with Crippen LogP contribution in [0.4, 0.5) is 0 Å². The quantitative estimate of drug-likeness (QED) is 0.0603. The summed E-state index contributed by atoms with van der Waals surface area (Å²) in [6.07, 6.45) is 16.7. The minimum absolute atomic E-state index is 0.0482. The largest absolute Gasteiger partial charge is 0.342 e. The highest BCUT2D eigenvalue weighted by atomic mass is 16.2. The van der Waals surface area contributed by atoms with E-state index in [0.29, 0.717) is 39.0 Å². The van der Waals surface area contributed by atoms with Crippen molar-refractivity contribution in [3.8, 4) is 0 Å². The smallest absolute Gasteiger partial charge is 0.246 e. The molecule has 14 heteroatoms. The first-order valence-electron chi connectivity index (χ1n) is 28.7. The van der Waals surface area contributed by atoms with Crippen molar-refractivity contribution < 1.29 is 28.8 Å². The van der Waals surface area contributed by atoms with Crippen LogP contribution in [0.5, 0.6) is 0 Å². The molecule has 6 amide bonds. The zero-order valence-electron chi connectivity index (χ0n) is 47.3. The molecule has 2 aliphatic heterocycles. The van der Waals surface area contributed by atoms with E-state index in [-0.39, 0.29) is 59.6 Å². The molecular formula is C61H94N8O6. The number of likely N-dealkylation sites (tertiary alicyclic amines) is 2. The predicted molar refractivity (Wildman–Crippen MR) is 298 cm³/mol. The van der Waals surface area contributed by atoms with Crippen molar-refractivity contribution in [1.29, 1.82) is 0 Å². The molecule has 0 radical (unpaired) electrons. The van der Waals surface area contributed by atoms with Crippen molar-refractivity contribution in [2.75, 3.05) is 40.3 Å². The lowest BCUT2D eigenvalue weighted by Gasteiger charge is -2.41. The molecule has 4 N–H and O–H groups in total. The van der Waals surface area contributed by atoms with Crippen LogP contribution in [0.3, 0.4) is 0 Å². The number of nitrogens with zero attached hydrogens (tertiary/aromatic N) is 4. The molecule has 2 aromatic carbocycles. The summed E-state index contributed by atoms with van der Waals surface area (Å²) < 4.78 is 0. The second-order valence-electron chi connectivity index (χ2n) is 24.2. The minimum Gasteiger partial charge on any atom is -0.342 e. The number of hydrogen-bond acceptors (Lipinski definition) is 8. The second kappa shape index (κ2) is 27.3. The number of aryl methyl sites for hydroxylation is 2. The van der Waals surface area contributed by atoms with Gasteiger partial charge in [-0.05, 0) is 131 Å². The summed E-state index contributed by atoms with van der Waals surface area (Å²) in [6.45, 7) is 19.6. The number of likely N-dealkylation sites (N-methyl/N-ethyl adjacent to an activating group) is 2. The molecule has 414 valence electrons. The second-order valence-corrected chi connectivity index (χ2v) is 24.2. The van der Waals surface area contributed by atoms with Crippen molar-refractivity contribution >= 4 is 35.4 Å². The molecular weight excluding hydrogens is 941 g/mol. The zero-order chi connectivity index (χ0) is 54.5. The standard InChI is InChI=1S/C61H94N8O6/c1-11-49(63-10)57(73)65-55(61(6,7)8)59(75)67-39-25-31-46(67)41-69(51-35-23-29-44-27-19-21-33-48(44)51)53(71)37-17-15-13-12-14-16-36-52(70)68(50-34-22-28-43-26-18-20-32-47(43)50)40-45-30-24-38-66(45)58(74)54(60(3,4)5)64-56(72)42(2)62-9/h11,18-21,26-27,32-33,42,45-46,49-51,54-55,62-63H,1,12-17,22-25,28-31,34-41H2,2-10H3,(H,64,72)(H,65,73)/t42-,45-,46-,49-,50+,51?,54+,55+/m0/s1. The molecule has 14 nitrogen and oxygen atoms in total. The summed E-state index contributed by atoms with van der Waals surface area (Å²) in [4.78, 5) is 92.4. The van der Waals surface area contributed by atoms with E-state index in [0.717, 1.165) is 103 Å². The fraction of sp³-hybridized carbons (Fsp3) is 0.672. The van der Waals surface area contributed by atoms with Gasteiger partial charge < -0.3 is 40.9 Å². The molecule has 2 aromatic rings. The third-order valence-electron chi connectivity index (χ3n) is 16.7. The number of amides is 6. The van der Waals surface area contributed by atoms with Crippen LogP contribution in [-0.2, 0) is 41.6 Å². The van der Waals surface area contributed by atoms with E-state index < -0.39 is 35.0 Å². The fourth-order valence-electron chi connectivity index (χ4n) is 12.2. The highest BCUT2D eigenvalue weighted by molar-refractivity contribution is 5.92. The van der Waals surface area contributed by atoms with Crippen molar-refractivity contribution in [1.82, 2.24) is 40.9 Å². The first-order chi connectivity index (χ1) is 35.8. The van der Waals surface area contributed by atoms with Gasteiger partial charge in [0.1, 0.15) is 18.1 Å². The summed E-state index contributed by atoms with van der Waals surface area (Å²) in [5.41, 5.74) is 3.95. The van der Waals surface area contributed by atoms with Crippen LogP contribution < -0.4 is 21.3 Å².